The molecule has 9 heavy (non-hydrogen) atoms. The lowest BCUT2D eigenvalue weighted by Crippen LogP contribution is -2.08. The second-order valence-electron chi connectivity index (χ2n) is 2.54. The lowest BCUT2D eigenvalue weighted by Gasteiger charge is -2.16. The molecule has 0 unspecified atom stereocenters. The SMILES string of the molecule is I/C=N/C1CCCCC1. The Balaban J connectivity index is 2.23. The summed E-state index contributed by atoms with van der Waals surface area (Å²) in [5.74, 6) is 0. The van der Waals surface area contributed by atoms with Crippen molar-refractivity contribution in [1.29, 1.82) is 0 Å². The molecular formula is C7H12IN. The first kappa shape index (κ1) is 7.51. The van der Waals surface area contributed by atoms with Crippen LogP contribution in [0.25, 0.3) is 0 Å². The van der Waals surface area contributed by atoms with Crippen molar-refractivity contribution in [1.82, 2.24) is 0 Å². The standard InChI is InChI=1S/C7H12IN/c8-6-9-7-4-2-1-3-5-7/h6-7H,1-5H2/b9-6+. The number of aliphatic imine (C=N–C) groups is 1. The fourth-order valence-corrected chi connectivity index (χ4v) is 1.76. The highest BCUT2D eigenvalue weighted by molar-refractivity contribution is 14.1. The van der Waals surface area contributed by atoms with Crippen LogP contribution in [-0.4, -0.2) is 10.3 Å². The van der Waals surface area contributed by atoms with Crippen molar-refractivity contribution >= 4 is 26.8 Å². The highest BCUT2D eigenvalue weighted by Crippen LogP contribution is 2.19. The summed E-state index contributed by atoms with van der Waals surface area (Å²) < 4.78 is 1.91. The topological polar surface area (TPSA) is 12.4 Å². The van der Waals surface area contributed by atoms with E-state index in [0.29, 0.717) is 6.04 Å². The molecular weight excluding hydrogens is 225 g/mol. The first-order chi connectivity index (χ1) is 4.43. The van der Waals surface area contributed by atoms with Gasteiger partial charge < -0.3 is 0 Å². The lowest BCUT2D eigenvalue weighted by atomic mass is 9.96. The van der Waals surface area contributed by atoms with Gasteiger partial charge in [-0.3, -0.25) is 4.99 Å². The summed E-state index contributed by atoms with van der Waals surface area (Å²) in [7, 11) is 0. The van der Waals surface area contributed by atoms with Crippen molar-refractivity contribution in [2.75, 3.05) is 0 Å². The number of hydrogen-bond acceptors (Lipinski definition) is 1. The van der Waals surface area contributed by atoms with Crippen molar-refractivity contribution < 1.29 is 0 Å². The van der Waals surface area contributed by atoms with E-state index in [4.69, 9.17) is 0 Å². The third-order valence-electron chi connectivity index (χ3n) is 1.84. The summed E-state index contributed by atoms with van der Waals surface area (Å²) in [5, 5.41) is 0. The van der Waals surface area contributed by atoms with E-state index >= 15 is 0 Å². The van der Waals surface area contributed by atoms with E-state index in [-0.39, 0.29) is 0 Å². The van der Waals surface area contributed by atoms with Gasteiger partial charge in [0.15, 0.2) is 0 Å². The van der Waals surface area contributed by atoms with Gasteiger partial charge in [-0.25, -0.2) is 0 Å². The van der Waals surface area contributed by atoms with E-state index in [0.717, 1.165) is 0 Å². The Morgan fingerprint density at radius 1 is 1.22 bits per heavy atom. The van der Waals surface area contributed by atoms with E-state index in [1.165, 1.54) is 32.1 Å². The summed E-state index contributed by atoms with van der Waals surface area (Å²) >= 11 is 2.20. The second kappa shape index (κ2) is 4.25. The molecule has 0 bridgehead atoms. The van der Waals surface area contributed by atoms with Crippen LogP contribution in [0.2, 0.25) is 0 Å². The molecule has 1 saturated carbocycles. The van der Waals surface area contributed by atoms with Gasteiger partial charge in [0.1, 0.15) is 0 Å². The third-order valence-corrected chi connectivity index (χ3v) is 2.16. The normalized spacial score (nSPS) is 23.2. The molecule has 0 saturated heterocycles. The molecule has 1 rings (SSSR count). The maximum Gasteiger partial charge on any atom is 0.0599 e. The molecule has 1 fully saturated rings. The summed E-state index contributed by atoms with van der Waals surface area (Å²) in [6.45, 7) is 0. The Labute approximate surface area is 70.1 Å². The monoisotopic (exact) mass is 237 g/mol. The molecule has 0 amide bonds. The highest BCUT2D eigenvalue weighted by Gasteiger charge is 2.09. The van der Waals surface area contributed by atoms with Crippen LogP contribution in [0.15, 0.2) is 4.99 Å². The van der Waals surface area contributed by atoms with Crippen LogP contribution >= 0.6 is 22.6 Å². The Kier molecular flexibility index (Phi) is 3.55. The van der Waals surface area contributed by atoms with Crippen molar-refractivity contribution in [3.8, 4) is 0 Å². The largest absolute Gasteiger partial charge is 0.283 e. The quantitative estimate of drug-likeness (QED) is 0.491. The fourth-order valence-electron chi connectivity index (χ4n) is 1.31. The molecule has 0 spiro atoms. The van der Waals surface area contributed by atoms with Crippen LogP contribution in [-0.2, 0) is 0 Å². The van der Waals surface area contributed by atoms with Crippen molar-refractivity contribution in [3.05, 3.63) is 0 Å². The first-order valence-corrected chi connectivity index (χ1v) is 4.80. The van der Waals surface area contributed by atoms with Gasteiger partial charge in [0, 0.05) is 0 Å². The minimum absolute atomic E-state index is 0.663. The van der Waals surface area contributed by atoms with Crippen LogP contribution in [0, 0.1) is 0 Å². The Morgan fingerprint density at radius 2 is 1.89 bits per heavy atom. The van der Waals surface area contributed by atoms with Gasteiger partial charge in [0.2, 0.25) is 0 Å². The van der Waals surface area contributed by atoms with Crippen LogP contribution in [0.4, 0.5) is 0 Å². The van der Waals surface area contributed by atoms with E-state index in [1.807, 2.05) is 4.22 Å². The number of halogens is 1. The van der Waals surface area contributed by atoms with E-state index in [1.54, 1.807) is 0 Å². The van der Waals surface area contributed by atoms with E-state index in [2.05, 4.69) is 27.6 Å². The number of nitrogens with zero attached hydrogens (tertiary/aromatic N) is 1. The first-order valence-electron chi connectivity index (χ1n) is 3.55. The zero-order valence-corrected chi connectivity index (χ0v) is 7.67. The third kappa shape index (κ3) is 2.65. The maximum absolute atomic E-state index is 4.35. The summed E-state index contributed by atoms with van der Waals surface area (Å²) in [5.41, 5.74) is 0. The van der Waals surface area contributed by atoms with Gasteiger partial charge in [-0.1, -0.05) is 19.3 Å². The Hall–Kier alpha value is 0.400. The second-order valence-corrected chi connectivity index (χ2v) is 3.10. The predicted molar refractivity (Wildman–Crippen MR) is 49.4 cm³/mol. The molecule has 0 aliphatic heterocycles. The van der Waals surface area contributed by atoms with Gasteiger partial charge in [0.25, 0.3) is 0 Å². The Bertz CT molecular complexity index is 95.1. The molecule has 0 atom stereocenters. The van der Waals surface area contributed by atoms with Crippen LogP contribution in [0.3, 0.4) is 0 Å². The average molecular weight is 237 g/mol. The van der Waals surface area contributed by atoms with Crippen molar-refractivity contribution in [2.24, 2.45) is 4.99 Å². The molecule has 1 aliphatic carbocycles. The molecule has 0 aromatic rings. The summed E-state index contributed by atoms with van der Waals surface area (Å²) in [6, 6.07) is 0.663. The van der Waals surface area contributed by atoms with Gasteiger partial charge in [-0.15, -0.1) is 0 Å². The molecule has 0 heterocycles. The van der Waals surface area contributed by atoms with E-state index in [9.17, 15) is 0 Å². The van der Waals surface area contributed by atoms with E-state index < -0.39 is 0 Å². The fraction of sp³-hybridized carbons (Fsp3) is 0.857. The minimum Gasteiger partial charge on any atom is -0.283 e. The molecule has 0 radical (unpaired) electrons. The predicted octanol–water partition coefficient (Wildman–Crippen LogP) is 2.78. The minimum atomic E-state index is 0.663. The molecule has 0 aromatic carbocycles. The van der Waals surface area contributed by atoms with Gasteiger partial charge in [-0.2, -0.15) is 0 Å². The van der Waals surface area contributed by atoms with Crippen molar-refractivity contribution in [3.63, 3.8) is 0 Å². The zero-order valence-electron chi connectivity index (χ0n) is 5.52. The molecule has 2 heteroatoms. The number of rotatable bonds is 1. The van der Waals surface area contributed by atoms with Gasteiger partial charge in [0.05, 0.1) is 10.3 Å². The van der Waals surface area contributed by atoms with Gasteiger partial charge >= 0.3 is 0 Å². The number of hydrogen-bond donors (Lipinski definition) is 0. The average Bonchev–Trinajstić information content (AvgIpc) is 1.91. The zero-order chi connectivity index (χ0) is 6.53. The van der Waals surface area contributed by atoms with Crippen LogP contribution in [0.5, 0.6) is 0 Å². The molecule has 1 aliphatic rings. The van der Waals surface area contributed by atoms with Crippen LogP contribution < -0.4 is 0 Å². The molecule has 0 aromatic heterocycles. The smallest absolute Gasteiger partial charge is 0.0599 e. The summed E-state index contributed by atoms with van der Waals surface area (Å²) in [6.07, 6.45) is 6.84. The highest BCUT2D eigenvalue weighted by atomic mass is 127. The van der Waals surface area contributed by atoms with Crippen LogP contribution in [0.1, 0.15) is 32.1 Å². The van der Waals surface area contributed by atoms with Gasteiger partial charge in [-0.05, 0) is 35.4 Å². The molecule has 52 valence electrons. The van der Waals surface area contributed by atoms with Crippen molar-refractivity contribution in [2.45, 2.75) is 38.1 Å². The molecule has 0 N–H and O–H groups in total. The summed E-state index contributed by atoms with van der Waals surface area (Å²) in [4.78, 5) is 4.35. The Morgan fingerprint density at radius 3 is 2.44 bits per heavy atom. The molecule has 1 nitrogen and oxygen atoms in total. The lowest BCUT2D eigenvalue weighted by molar-refractivity contribution is 0.445. The maximum atomic E-state index is 4.35.